The van der Waals surface area contributed by atoms with Crippen molar-refractivity contribution in [2.45, 2.75) is 13.3 Å². The van der Waals surface area contributed by atoms with Crippen molar-refractivity contribution in [3.05, 3.63) is 58.3 Å². The van der Waals surface area contributed by atoms with E-state index in [1.54, 1.807) is 7.11 Å². The Labute approximate surface area is 146 Å². The standard InChI is InChI=1S/C19H20O2S2/c1-14(19-22-12-5-13-23-19)17-6-3-4-7-18(17)21-16-10-8-15(20-2)9-11-16/h3-4,6-11H,5,12-13H2,1-2H3. The normalized spacial score (nSPS) is 14.4. The van der Waals surface area contributed by atoms with E-state index in [9.17, 15) is 0 Å². The predicted octanol–water partition coefficient (Wildman–Crippen LogP) is 6.05. The van der Waals surface area contributed by atoms with Gasteiger partial charge in [0.25, 0.3) is 0 Å². The second-order valence-corrected chi connectivity index (χ2v) is 7.71. The van der Waals surface area contributed by atoms with Crippen LogP contribution >= 0.6 is 23.5 Å². The van der Waals surface area contributed by atoms with Crippen molar-refractivity contribution < 1.29 is 9.47 Å². The Bertz CT molecular complexity index is 685. The van der Waals surface area contributed by atoms with Gasteiger partial charge in [0.2, 0.25) is 0 Å². The molecule has 0 spiro atoms. The highest BCUT2D eigenvalue weighted by atomic mass is 32.2. The molecule has 120 valence electrons. The van der Waals surface area contributed by atoms with Crippen LogP contribution in [0.25, 0.3) is 5.57 Å². The molecule has 1 aliphatic heterocycles. The van der Waals surface area contributed by atoms with Crippen molar-refractivity contribution in [1.29, 1.82) is 0 Å². The number of hydrogen-bond donors (Lipinski definition) is 0. The summed E-state index contributed by atoms with van der Waals surface area (Å²) in [6.07, 6.45) is 1.29. The molecule has 2 aromatic rings. The van der Waals surface area contributed by atoms with E-state index < -0.39 is 0 Å². The Kier molecular flexibility index (Phi) is 5.57. The maximum atomic E-state index is 6.11. The topological polar surface area (TPSA) is 18.5 Å². The van der Waals surface area contributed by atoms with Crippen molar-refractivity contribution in [2.24, 2.45) is 0 Å². The number of benzene rings is 2. The minimum atomic E-state index is 0.819. The number of allylic oxidation sites excluding steroid dienone is 1. The van der Waals surface area contributed by atoms with Gasteiger partial charge in [-0.3, -0.25) is 0 Å². The van der Waals surface area contributed by atoms with Crippen LogP contribution in [0.2, 0.25) is 0 Å². The second-order valence-electron chi connectivity index (χ2n) is 5.24. The van der Waals surface area contributed by atoms with E-state index in [1.165, 1.54) is 33.3 Å². The highest BCUT2D eigenvalue weighted by molar-refractivity contribution is 8.23. The van der Waals surface area contributed by atoms with Crippen molar-refractivity contribution >= 4 is 29.1 Å². The average molecular weight is 345 g/mol. The minimum Gasteiger partial charge on any atom is -0.497 e. The van der Waals surface area contributed by atoms with Gasteiger partial charge < -0.3 is 9.47 Å². The number of hydrogen-bond acceptors (Lipinski definition) is 4. The summed E-state index contributed by atoms with van der Waals surface area (Å²) < 4.78 is 12.7. The van der Waals surface area contributed by atoms with Crippen LogP contribution in [-0.2, 0) is 0 Å². The molecule has 0 aromatic heterocycles. The minimum absolute atomic E-state index is 0.819. The van der Waals surface area contributed by atoms with Crippen LogP contribution in [0.5, 0.6) is 17.2 Å². The van der Waals surface area contributed by atoms with Gasteiger partial charge in [-0.15, -0.1) is 23.5 Å². The summed E-state index contributed by atoms with van der Waals surface area (Å²) in [5, 5.41) is 0. The zero-order valence-electron chi connectivity index (χ0n) is 13.4. The van der Waals surface area contributed by atoms with Gasteiger partial charge in [-0.25, -0.2) is 0 Å². The summed E-state index contributed by atoms with van der Waals surface area (Å²) >= 11 is 3.91. The van der Waals surface area contributed by atoms with Crippen LogP contribution < -0.4 is 9.47 Å². The summed E-state index contributed by atoms with van der Waals surface area (Å²) in [4.78, 5) is 0. The zero-order valence-corrected chi connectivity index (χ0v) is 15.0. The lowest BCUT2D eigenvalue weighted by molar-refractivity contribution is 0.413. The van der Waals surface area contributed by atoms with Crippen molar-refractivity contribution in [2.75, 3.05) is 18.6 Å². The van der Waals surface area contributed by atoms with Crippen LogP contribution in [0.1, 0.15) is 18.9 Å². The Morgan fingerprint density at radius 3 is 2.26 bits per heavy atom. The van der Waals surface area contributed by atoms with Gasteiger partial charge in [-0.1, -0.05) is 18.2 Å². The van der Waals surface area contributed by atoms with Gasteiger partial charge in [-0.2, -0.15) is 0 Å². The van der Waals surface area contributed by atoms with E-state index in [1.807, 2.05) is 59.9 Å². The number of thioether (sulfide) groups is 2. The van der Waals surface area contributed by atoms with E-state index in [4.69, 9.17) is 9.47 Å². The largest absolute Gasteiger partial charge is 0.497 e. The fourth-order valence-electron chi connectivity index (χ4n) is 2.39. The third kappa shape index (κ3) is 4.06. The van der Waals surface area contributed by atoms with Gasteiger partial charge >= 0.3 is 0 Å². The van der Waals surface area contributed by atoms with Crippen LogP contribution in [0, 0.1) is 0 Å². The average Bonchev–Trinajstić information content (AvgIpc) is 2.63. The molecule has 0 unspecified atom stereocenters. The van der Waals surface area contributed by atoms with Crippen molar-refractivity contribution in [3.63, 3.8) is 0 Å². The first-order valence-corrected chi connectivity index (χ1v) is 9.63. The predicted molar refractivity (Wildman–Crippen MR) is 102 cm³/mol. The van der Waals surface area contributed by atoms with E-state index in [-0.39, 0.29) is 0 Å². The maximum Gasteiger partial charge on any atom is 0.134 e. The lowest BCUT2D eigenvalue weighted by Crippen LogP contribution is -1.96. The highest BCUT2D eigenvalue weighted by Gasteiger charge is 2.14. The zero-order chi connectivity index (χ0) is 16.1. The summed E-state index contributed by atoms with van der Waals surface area (Å²) in [6, 6.07) is 15.9. The molecule has 1 fully saturated rings. The molecule has 4 heteroatoms. The number of rotatable bonds is 4. The third-order valence-electron chi connectivity index (χ3n) is 3.64. The van der Waals surface area contributed by atoms with Crippen molar-refractivity contribution in [1.82, 2.24) is 0 Å². The molecule has 1 aliphatic rings. The van der Waals surface area contributed by atoms with E-state index in [0.29, 0.717) is 0 Å². The second kappa shape index (κ2) is 7.84. The molecular weight excluding hydrogens is 324 g/mol. The van der Waals surface area contributed by atoms with Gasteiger partial charge in [0, 0.05) is 9.80 Å². The first kappa shape index (κ1) is 16.3. The number of ether oxygens (including phenoxy) is 2. The summed E-state index contributed by atoms with van der Waals surface area (Å²) in [5.41, 5.74) is 2.48. The lowest BCUT2D eigenvalue weighted by Gasteiger charge is -2.18. The molecule has 0 atom stereocenters. The lowest BCUT2D eigenvalue weighted by atomic mass is 10.1. The summed E-state index contributed by atoms with van der Waals surface area (Å²) in [6.45, 7) is 2.19. The quantitative estimate of drug-likeness (QED) is 0.672. The molecule has 0 radical (unpaired) electrons. The highest BCUT2D eigenvalue weighted by Crippen LogP contribution is 2.42. The number of para-hydroxylation sites is 1. The summed E-state index contributed by atoms with van der Waals surface area (Å²) in [5.74, 6) is 4.97. The molecule has 0 amide bonds. The van der Waals surface area contributed by atoms with Crippen LogP contribution in [0.4, 0.5) is 0 Å². The van der Waals surface area contributed by atoms with Crippen LogP contribution in [0.15, 0.2) is 52.8 Å². The molecule has 2 nitrogen and oxygen atoms in total. The molecule has 2 aromatic carbocycles. The van der Waals surface area contributed by atoms with E-state index in [0.717, 1.165) is 17.2 Å². The maximum absolute atomic E-state index is 6.11. The molecule has 3 rings (SSSR count). The van der Waals surface area contributed by atoms with Gasteiger partial charge in [0.15, 0.2) is 0 Å². The fourth-order valence-corrected chi connectivity index (χ4v) is 5.01. The van der Waals surface area contributed by atoms with Gasteiger partial charge in [0.1, 0.15) is 17.2 Å². The molecule has 1 heterocycles. The first-order chi connectivity index (χ1) is 11.3. The third-order valence-corrected chi connectivity index (χ3v) is 6.47. The van der Waals surface area contributed by atoms with Crippen LogP contribution in [-0.4, -0.2) is 18.6 Å². The Balaban J connectivity index is 1.88. The monoisotopic (exact) mass is 344 g/mol. The molecule has 0 N–H and O–H groups in total. The van der Waals surface area contributed by atoms with Gasteiger partial charge in [-0.05, 0) is 60.8 Å². The Morgan fingerprint density at radius 2 is 1.57 bits per heavy atom. The number of methoxy groups -OCH3 is 1. The molecule has 0 saturated carbocycles. The Morgan fingerprint density at radius 1 is 0.913 bits per heavy atom. The molecule has 0 aliphatic carbocycles. The summed E-state index contributed by atoms with van der Waals surface area (Å²) in [7, 11) is 1.67. The van der Waals surface area contributed by atoms with Crippen LogP contribution in [0.3, 0.4) is 0 Å². The van der Waals surface area contributed by atoms with Gasteiger partial charge in [0.05, 0.1) is 7.11 Å². The Hall–Kier alpha value is -1.52. The smallest absolute Gasteiger partial charge is 0.134 e. The molecular formula is C19H20O2S2. The fraction of sp³-hybridized carbons (Fsp3) is 0.263. The first-order valence-electron chi connectivity index (χ1n) is 7.65. The van der Waals surface area contributed by atoms with E-state index in [2.05, 4.69) is 19.1 Å². The van der Waals surface area contributed by atoms with E-state index >= 15 is 0 Å². The SMILES string of the molecule is COc1ccc(Oc2ccccc2C(C)=C2SCCCS2)cc1. The molecule has 0 bridgehead atoms. The molecule has 23 heavy (non-hydrogen) atoms. The van der Waals surface area contributed by atoms with Crippen molar-refractivity contribution in [3.8, 4) is 17.2 Å². The molecule has 1 saturated heterocycles.